The van der Waals surface area contributed by atoms with E-state index in [1.54, 1.807) is 32.7 Å². The maximum Gasteiger partial charge on any atom is 0.410 e. The molecule has 0 spiro atoms. The van der Waals surface area contributed by atoms with E-state index in [0.717, 1.165) is 12.8 Å². The number of rotatable bonds is 3. The first-order valence-corrected chi connectivity index (χ1v) is 10.2. The van der Waals surface area contributed by atoms with Gasteiger partial charge >= 0.3 is 12.3 Å². The Morgan fingerprint density at radius 2 is 1.71 bits per heavy atom. The summed E-state index contributed by atoms with van der Waals surface area (Å²) in [7, 11) is 1.65. The average molecular weight is 406 g/mol. The highest BCUT2D eigenvalue weighted by molar-refractivity contribution is 5.79. The van der Waals surface area contributed by atoms with Gasteiger partial charge in [-0.15, -0.1) is 0 Å². The lowest BCUT2D eigenvalue weighted by molar-refractivity contribution is -0.201. The molecule has 162 valence electrons. The van der Waals surface area contributed by atoms with E-state index < -0.39 is 29.7 Å². The third-order valence-electron chi connectivity index (χ3n) is 5.57. The van der Waals surface area contributed by atoms with E-state index in [9.17, 15) is 22.8 Å². The molecule has 3 atom stereocenters. The third kappa shape index (κ3) is 6.27. The summed E-state index contributed by atoms with van der Waals surface area (Å²) in [6.07, 6.45) is -1.64. The van der Waals surface area contributed by atoms with Gasteiger partial charge < -0.3 is 14.5 Å². The van der Waals surface area contributed by atoms with E-state index in [-0.39, 0.29) is 18.2 Å². The average Bonchev–Trinajstić information content (AvgIpc) is 2.59. The van der Waals surface area contributed by atoms with Crippen LogP contribution in [0.4, 0.5) is 18.0 Å². The second-order valence-corrected chi connectivity index (χ2v) is 9.19. The van der Waals surface area contributed by atoms with Gasteiger partial charge in [-0.25, -0.2) is 4.79 Å². The van der Waals surface area contributed by atoms with E-state index in [0.29, 0.717) is 38.9 Å². The number of nitrogens with zero attached hydrogens (tertiary/aromatic N) is 2. The third-order valence-corrected chi connectivity index (χ3v) is 5.57. The number of likely N-dealkylation sites (tertiary alicyclic amines) is 1. The maximum absolute atomic E-state index is 13.4. The van der Waals surface area contributed by atoms with Crippen LogP contribution in [0.5, 0.6) is 0 Å². The highest BCUT2D eigenvalue weighted by atomic mass is 19.4. The first-order chi connectivity index (χ1) is 12.9. The summed E-state index contributed by atoms with van der Waals surface area (Å²) in [6, 6.07) is 0. The Morgan fingerprint density at radius 1 is 1.07 bits per heavy atom. The number of ether oxygens (including phenoxy) is 1. The number of hydrogen-bond donors (Lipinski definition) is 0. The quantitative estimate of drug-likeness (QED) is 0.695. The van der Waals surface area contributed by atoms with Crippen LogP contribution in [-0.4, -0.2) is 60.3 Å². The van der Waals surface area contributed by atoms with Gasteiger partial charge in [-0.2, -0.15) is 13.2 Å². The van der Waals surface area contributed by atoms with Gasteiger partial charge in [0.15, 0.2) is 0 Å². The molecule has 0 aromatic carbocycles. The van der Waals surface area contributed by atoms with Crippen LogP contribution >= 0.6 is 0 Å². The molecule has 8 heteroatoms. The highest BCUT2D eigenvalue weighted by Gasteiger charge is 2.49. The summed E-state index contributed by atoms with van der Waals surface area (Å²) >= 11 is 0. The van der Waals surface area contributed by atoms with Crippen molar-refractivity contribution in [2.75, 3.05) is 26.7 Å². The smallest absolute Gasteiger partial charge is 0.410 e. The van der Waals surface area contributed by atoms with Crippen LogP contribution in [0.25, 0.3) is 0 Å². The number of alkyl halides is 3. The van der Waals surface area contributed by atoms with E-state index in [1.807, 2.05) is 0 Å². The van der Waals surface area contributed by atoms with Crippen molar-refractivity contribution >= 4 is 12.0 Å². The van der Waals surface area contributed by atoms with Crippen molar-refractivity contribution in [2.24, 2.45) is 17.8 Å². The van der Waals surface area contributed by atoms with Crippen molar-refractivity contribution in [1.29, 1.82) is 0 Å². The van der Waals surface area contributed by atoms with Gasteiger partial charge in [0, 0.05) is 32.6 Å². The Labute approximate surface area is 165 Å². The van der Waals surface area contributed by atoms with Crippen LogP contribution in [0.1, 0.15) is 59.3 Å². The lowest BCUT2D eigenvalue weighted by Gasteiger charge is -2.39. The van der Waals surface area contributed by atoms with Crippen molar-refractivity contribution in [3.05, 3.63) is 0 Å². The van der Waals surface area contributed by atoms with E-state index >= 15 is 0 Å². The largest absolute Gasteiger partial charge is 0.444 e. The summed E-state index contributed by atoms with van der Waals surface area (Å²) in [5, 5.41) is 0. The van der Waals surface area contributed by atoms with Crippen LogP contribution < -0.4 is 0 Å². The van der Waals surface area contributed by atoms with Crippen LogP contribution in [0.2, 0.25) is 0 Å². The van der Waals surface area contributed by atoms with Crippen LogP contribution in [0, 0.1) is 17.8 Å². The first kappa shape index (κ1) is 22.8. The van der Waals surface area contributed by atoms with Crippen LogP contribution in [0.3, 0.4) is 0 Å². The minimum absolute atomic E-state index is 0.0402. The summed E-state index contributed by atoms with van der Waals surface area (Å²) in [4.78, 5) is 28.1. The summed E-state index contributed by atoms with van der Waals surface area (Å²) in [6.45, 7) is 6.69. The first-order valence-electron chi connectivity index (χ1n) is 10.2. The highest BCUT2D eigenvalue weighted by Crippen LogP contribution is 2.42. The molecule has 2 rings (SSSR count). The molecule has 1 aliphatic carbocycles. The molecule has 0 aromatic heterocycles. The molecule has 0 radical (unpaired) electrons. The minimum atomic E-state index is -4.33. The number of piperidine rings is 1. The number of carbonyl (C=O) groups is 2. The molecule has 0 N–H and O–H groups in total. The van der Waals surface area contributed by atoms with E-state index in [1.165, 1.54) is 4.90 Å². The van der Waals surface area contributed by atoms with Crippen LogP contribution in [-0.2, 0) is 9.53 Å². The Hall–Kier alpha value is -1.47. The maximum atomic E-state index is 13.4. The van der Waals surface area contributed by atoms with Gasteiger partial charge in [0.2, 0.25) is 5.91 Å². The predicted octanol–water partition coefficient (Wildman–Crippen LogP) is 4.46. The molecule has 2 fully saturated rings. The summed E-state index contributed by atoms with van der Waals surface area (Å²) < 4.78 is 45.4. The van der Waals surface area contributed by atoms with E-state index in [4.69, 9.17) is 4.74 Å². The number of carbonyl (C=O) groups excluding carboxylic acids is 2. The summed E-state index contributed by atoms with van der Waals surface area (Å²) in [5.74, 6) is -2.82. The zero-order chi connectivity index (χ0) is 21.1. The molecule has 2 amide bonds. The van der Waals surface area contributed by atoms with Crippen molar-refractivity contribution in [1.82, 2.24) is 9.80 Å². The fraction of sp³-hybridized carbons (Fsp3) is 0.900. The molecule has 0 bridgehead atoms. The molecule has 0 aromatic rings. The Balaban J connectivity index is 1.96. The fourth-order valence-electron chi connectivity index (χ4n) is 4.27. The van der Waals surface area contributed by atoms with Gasteiger partial charge in [0.1, 0.15) is 5.60 Å². The van der Waals surface area contributed by atoms with Gasteiger partial charge in [-0.1, -0.05) is 12.8 Å². The Morgan fingerprint density at radius 3 is 2.32 bits per heavy atom. The molecule has 1 saturated carbocycles. The molecule has 28 heavy (non-hydrogen) atoms. The van der Waals surface area contributed by atoms with Crippen molar-refractivity contribution in [3.63, 3.8) is 0 Å². The van der Waals surface area contributed by atoms with Gasteiger partial charge in [-0.3, -0.25) is 4.79 Å². The number of halogens is 3. The molecule has 2 aliphatic rings. The second-order valence-electron chi connectivity index (χ2n) is 9.19. The standard InChI is InChI=1S/C20H33F3N2O3/c1-19(2,3)28-18(27)24(4)12-14-8-7-11-25(13-14)17(26)15-9-5-6-10-16(15)20(21,22)23/h14-16H,5-13H2,1-4H3. The van der Waals surface area contributed by atoms with Crippen molar-refractivity contribution in [2.45, 2.75) is 71.1 Å². The zero-order valence-corrected chi connectivity index (χ0v) is 17.3. The van der Waals surface area contributed by atoms with Gasteiger partial charge in [-0.05, 0) is 52.4 Å². The molecule has 1 heterocycles. The SMILES string of the molecule is CN(CC1CCCN(C(=O)C2CCCCC2C(F)(F)F)C1)C(=O)OC(C)(C)C. The topological polar surface area (TPSA) is 49.9 Å². The van der Waals surface area contributed by atoms with Gasteiger partial charge in [0.05, 0.1) is 5.92 Å². The molecular weight excluding hydrogens is 373 g/mol. The van der Waals surface area contributed by atoms with E-state index in [2.05, 4.69) is 0 Å². The molecule has 1 aliphatic heterocycles. The lowest BCUT2D eigenvalue weighted by atomic mass is 9.77. The molecule has 1 saturated heterocycles. The zero-order valence-electron chi connectivity index (χ0n) is 17.3. The van der Waals surface area contributed by atoms with Crippen molar-refractivity contribution < 1.29 is 27.5 Å². The second kappa shape index (κ2) is 8.91. The molecule has 5 nitrogen and oxygen atoms in total. The normalized spacial score (nSPS) is 26.7. The molecular formula is C20H33F3N2O3. The fourth-order valence-corrected chi connectivity index (χ4v) is 4.27. The Kier molecular flexibility index (Phi) is 7.26. The predicted molar refractivity (Wildman–Crippen MR) is 99.7 cm³/mol. The number of hydrogen-bond acceptors (Lipinski definition) is 3. The monoisotopic (exact) mass is 406 g/mol. The minimum Gasteiger partial charge on any atom is -0.444 e. The number of amides is 2. The molecule has 3 unspecified atom stereocenters. The van der Waals surface area contributed by atoms with Gasteiger partial charge in [0.25, 0.3) is 0 Å². The lowest BCUT2D eigenvalue weighted by Crippen LogP contribution is -2.49. The summed E-state index contributed by atoms with van der Waals surface area (Å²) in [5.41, 5.74) is -0.590. The van der Waals surface area contributed by atoms with Crippen LogP contribution in [0.15, 0.2) is 0 Å². The van der Waals surface area contributed by atoms with Crippen molar-refractivity contribution in [3.8, 4) is 0 Å². The Bertz CT molecular complexity index is 560.